The number of para-hydroxylation sites is 1. The van der Waals surface area contributed by atoms with Crippen LogP contribution in [0, 0.1) is 0 Å². The Hall–Kier alpha value is -1.04. The van der Waals surface area contributed by atoms with E-state index in [4.69, 9.17) is 4.55 Å². The number of nitrogens with zero attached hydrogens (tertiary/aromatic N) is 1. The summed E-state index contributed by atoms with van der Waals surface area (Å²) < 4.78 is 58.8. The molecule has 10 heteroatoms. The SMILES string of the molecule is CCS(=O)(=O)O.COS(=O)(=O)[O-].C[N+](C)(C)c1ccccc1. The zero-order valence-electron chi connectivity index (χ0n) is 13.3. The molecule has 0 bridgehead atoms. The maximum absolute atomic E-state index is 9.56. The Morgan fingerprint density at radius 3 is 1.55 bits per heavy atom. The molecule has 0 aromatic heterocycles. The molecule has 0 aliphatic carbocycles. The second-order valence-corrected chi connectivity index (χ2v) is 7.68. The van der Waals surface area contributed by atoms with E-state index in [1.807, 2.05) is 6.07 Å². The highest BCUT2D eigenvalue weighted by Crippen LogP contribution is 2.14. The molecule has 1 aromatic rings. The van der Waals surface area contributed by atoms with Crippen LogP contribution in [0.2, 0.25) is 0 Å². The van der Waals surface area contributed by atoms with Crippen LogP contribution in [0.5, 0.6) is 0 Å². The maximum atomic E-state index is 9.56. The number of quaternary nitrogens is 1. The average molecular weight is 357 g/mol. The lowest BCUT2D eigenvalue weighted by atomic mass is 10.3. The highest BCUT2D eigenvalue weighted by atomic mass is 32.3. The Bertz CT molecular complexity index is 573. The molecule has 8 nitrogen and oxygen atoms in total. The van der Waals surface area contributed by atoms with E-state index in [1.54, 1.807) is 0 Å². The maximum Gasteiger partial charge on any atom is 0.264 e. The van der Waals surface area contributed by atoms with Crippen molar-refractivity contribution < 1.29 is 30.1 Å². The van der Waals surface area contributed by atoms with Gasteiger partial charge in [-0.2, -0.15) is 8.42 Å². The molecule has 0 saturated heterocycles. The molecule has 0 spiro atoms. The molecule has 130 valence electrons. The Labute approximate surface area is 132 Å². The molecule has 22 heavy (non-hydrogen) atoms. The van der Waals surface area contributed by atoms with Gasteiger partial charge in [0.05, 0.1) is 34.0 Å². The van der Waals surface area contributed by atoms with Crippen molar-refractivity contribution in [3.05, 3.63) is 30.3 Å². The molecule has 1 N–H and O–H groups in total. The summed E-state index contributed by atoms with van der Waals surface area (Å²) in [6, 6.07) is 10.5. The smallest absolute Gasteiger partial charge is 0.264 e. The van der Waals surface area contributed by atoms with Crippen molar-refractivity contribution >= 4 is 26.2 Å². The van der Waals surface area contributed by atoms with Gasteiger partial charge in [0.1, 0.15) is 5.69 Å². The summed E-state index contributed by atoms with van der Waals surface area (Å²) in [5.74, 6) is -0.201. The van der Waals surface area contributed by atoms with Gasteiger partial charge in [0.15, 0.2) is 0 Å². The third-order valence-electron chi connectivity index (χ3n) is 2.10. The van der Waals surface area contributed by atoms with Gasteiger partial charge in [-0.15, -0.1) is 0 Å². The van der Waals surface area contributed by atoms with E-state index in [-0.39, 0.29) is 5.75 Å². The summed E-state index contributed by atoms with van der Waals surface area (Å²) in [4.78, 5) is 0. The Morgan fingerprint density at radius 1 is 1.09 bits per heavy atom. The second-order valence-electron chi connectivity index (χ2n) is 4.79. The predicted molar refractivity (Wildman–Crippen MR) is 84.8 cm³/mol. The zero-order chi connectivity index (χ0) is 18.0. The van der Waals surface area contributed by atoms with E-state index >= 15 is 0 Å². The van der Waals surface area contributed by atoms with Gasteiger partial charge >= 0.3 is 0 Å². The topological polar surface area (TPSA) is 121 Å². The lowest BCUT2D eigenvalue weighted by molar-refractivity contribution is 0.314. The fourth-order valence-corrected chi connectivity index (χ4v) is 0.875. The molecule has 0 atom stereocenters. The summed E-state index contributed by atoms with van der Waals surface area (Å²) in [6.45, 7) is 1.37. The average Bonchev–Trinajstić information content (AvgIpc) is 2.39. The number of benzene rings is 1. The van der Waals surface area contributed by atoms with Crippen molar-refractivity contribution in [2.75, 3.05) is 34.0 Å². The molecule has 1 rings (SSSR count). The molecule has 0 heterocycles. The molecule has 0 fully saturated rings. The Kier molecular flexibility index (Phi) is 10.4. The third kappa shape index (κ3) is 17.0. The molecule has 0 saturated carbocycles. The van der Waals surface area contributed by atoms with E-state index < -0.39 is 20.5 Å². The summed E-state index contributed by atoms with van der Waals surface area (Å²) in [5.41, 5.74) is 1.34. The molecule has 0 unspecified atom stereocenters. The monoisotopic (exact) mass is 357 g/mol. The van der Waals surface area contributed by atoms with Crippen molar-refractivity contribution in [1.29, 1.82) is 0 Å². The van der Waals surface area contributed by atoms with Crippen molar-refractivity contribution in [3.8, 4) is 0 Å². The predicted octanol–water partition coefficient (Wildman–Crippen LogP) is 0.870. The second kappa shape index (κ2) is 9.87. The van der Waals surface area contributed by atoms with Crippen LogP contribution in [0.3, 0.4) is 0 Å². The number of hydrogen-bond donors (Lipinski definition) is 1. The van der Waals surface area contributed by atoms with Gasteiger partial charge in [-0.3, -0.25) is 13.2 Å². The minimum absolute atomic E-state index is 0.201. The first-order valence-corrected chi connectivity index (χ1v) is 9.01. The molecule has 0 radical (unpaired) electrons. The van der Waals surface area contributed by atoms with Crippen molar-refractivity contribution in [2.45, 2.75) is 6.92 Å². The zero-order valence-corrected chi connectivity index (χ0v) is 14.9. The lowest BCUT2D eigenvalue weighted by Crippen LogP contribution is -2.34. The summed E-state index contributed by atoms with van der Waals surface area (Å²) in [5, 5.41) is 0. The minimum atomic E-state index is -4.41. The van der Waals surface area contributed by atoms with Crippen LogP contribution in [0.15, 0.2) is 30.3 Å². The largest absolute Gasteiger partial charge is 0.726 e. The molecule has 0 aliphatic rings. The first-order chi connectivity index (χ1) is 9.73. The van der Waals surface area contributed by atoms with Crippen LogP contribution < -0.4 is 4.48 Å². The van der Waals surface area contributed by atoms with Crippen LogP contribution in [0.25, 0.3) is 0 Å². The fraction of sp³-hybridized carbons (Fsp3) is 0.500. The molecular formula is C12H23NO7S2. The normalized spacial score (nSPS) is 11.6. The van der Waals surface area contributed by atoms with E-state index in [2.05, 4.69) is 49.6 Å². The van der Waals surface area contributed by atoms with Crippen molar-refractivity contribution in [2.24, 2.45) is 0 Å². The third-order valence-corrected chi connectivity index (χ3v) is 3.24. The first-order valence-electron chi connectivity index (χ1n) is 6.06. The van der Waals surface area contributed by atoms with Crippen LogP contribution in [0.4, 0.5) is 5.69 Å². The van der Waals surface area contributed by atoms with Crippen molar-refractivity contribution in [1.82, 2.24) is 4.48 Å². The highest BCUT2D eigenvalue weighted by molar-refractivity contribution is 7.85. The van der Waals surface area contributed by atoms with E-state index in [0.29, 0.717) is 0 Å². The molecule has 0 aliphatic heterocycles. The standard InChI is InChI=1S/C9H14N.C2H6O3S.CH4O4S/c1-10(2,3)9-7-5-4-6-8-9;1-2-6(3,4)5;1-5-6(2,3)4/h4-8H,1-3H3;2H2,1H3,(H,3,4,5);1H3,(H,2,3,4)/q+1;;/p-1. The number of rotatable bonds is 3. The van der Waals surface area contributed by atoms with Gasteiger partial charge in [-0.05, 0) is 19.1 Å². The van der Waals surface area contributed by atoms with Gasteiger partial charge < -0.3 is 4.55 Å². The van der Waals surface area contributed by atoms with Gasteiger partial charge in [0.2, 0.25) is 10.4 Å². The quantitative estimate of drug-likeness (QED) is 0.484. The lowest BCUT2D eigenvalue weighted by Gasteiger charge is -2.22. The van der Waals surface area contributed by atoms with Crippen LogP contribution >= 0.6 is 0 Å². The van der Waals surface area contributed by atoms with Crippen molar-refractivity contribution in [3.63, 3.8) is 0 Å². The van der Waals surface area contributed by atoms with E-state index in [1.165, 1.54) is 12.6 Å². The minimum Gasteiger partial charge on any atom is -0.726 e. The highest BCUT2D eigenvalue weighted by Gasteiger charge is 2.08. The van der Waals surface area contributed by atoms with Crippen LogP contribution in [0.1, 0.15) is 6.92 Å². The number of hydrogen-bond acceptors (Lipinski definition) is 6. The summed E-state index contributed by atoms with van der Waals surface area (Å²) in [7, 11) is -0.780. The molecule has 0 amide bonds. The van der Waals surface area contributed by atoms with Gasteiger partial charge in [0.25, 0.3) is 10.1 Å². The van der Waals surface area contributed by atoms with E-state index in [0.717, 1.165) is 11.6 Å². The Morgan fingerprint density at radius 2 is 1.41 bits per heavy atom. The molecule has 1 aromatic carbocycles. The van der Waals surface area contributed by atoms with Gasteiger partial charge in [-0.1, -0.05) is 18.2 Å². The molecular weight excluding hydrogens is 334 g/mol. The Balaban J connectivity index is 0. The van der Waals surface area contributed by atoms with Crippen LogP contribution in [-0.2, 0) is 24.7 Å². The van der Waals surface area contributed by atoms with Gasteiger partial charge in [0, 0.05) is 0 Å². The summed E-state index contributed by atoms with van der Waals surface area (Å²) in [6.07, 6.45) is 0. The summed E-state index contributed by atoms with van der Waals surface area (Å²) >= 11 is 0. The first kappa shape index (κ1) is 23.2. The van der Waals surface area contributed by atoms with Gasteiger partial charge in [-0.25, -0.2) is 8.42 Å². The van der Waals surface area contributed by atoms with Crippen LogP contribution in [-0.4, -0.2) is 59.9 Å². The fourth-order valence-electron chi connectivity index (χ4n) is 0.875. The van der Waals surface area contributed by atoms with E-state index in [9.17, 15) is 21.4 Å².